The molecule has 0 aliphatic heterocycles. The van der Waals surface area contributed by atoms with E-state index in [0.29, 0.717) is 0 Å². The molecule has 0 bridgehead atoms. The zero-order chi connectivity index (χ0) is 15.6. The minimum atomic E-state index is -0.186. The molecule has 0 spiro atoms. The van der Waals surface area contributed by atoms with Crippen LogP contribution < -0.4 is 10.6 Å². The summed E-state index contributed by atoms with van der Waals surface area (Å²) in [7, 11) is 0. The Balaban J connectivity index is 2.51. The van der Waals surface area contributed by atoms with Crippen LogP contribution in [0.15, 0.2) is 12.1 Å². The molecule has 3 nitrogen and oxygen atoms in total. The Bertz CT molecular complexity index is 452. The molecule has 0 aliphatic rings. The van der Waals surface area contributed by atoms with E-state index in [2.05, 4.69) is 43.5 Å². The Morgan fingerprint density at radius 3 is 2.25 bits per heavy atom. The number of hydrogen-bond donors (Lipinski definition) is 2. The first kappa shape index (κ1) is 17.2. The highest BCUT2D eigenvalue weighted by Crippen LogP contribution is 2.29. The summed E-state index contributed by atoms with van der Waals surface area (Å²) in [5.74, 6) is 0.0464. The van der Waals surface area contributed by atoms with E-state index in [0.717, 1.165) is 6.54 Å². The lowest BCUT2D eigenvalue weighted by Gasteiger charge is -2.23. The maximum absolute atomic E-state index is 12.0. The lowest BCUT2D eigenvalue weighted by atomic mass is 9.95. The maximum atomic E-state index is 12.0. The van der Waals surface area contributed by atoms with Crippen molar-refractivity contribution in [3.63, 3.8) is 0 Å². The fourth-order valence-electron chi connectivity index (χ4n) is 1.70. The zero-order valence-electron chi connectivity index (χ0n) is 13.8. The van der Waals surface area contributed by atoms with E-state index in [1.54, 1.807) is 0 Å². The van der Waals surface area contributed by atoms with Crippen LogP contribution in [0.3, 0.4) is 0 Å². The van der Waals surface area contributed by atoms with E-state index >= 15 is 0 Å². The van der Waals surface area contributed by atoms with Crippen LogP contribution in [0, 0.1) is 0 Å². The van der Waals surface area contributed by atoms with E-state index in [-0.39, 0.29) is 22.9 Å². The highest BCUT2D eigenvalue weighted by atomic mass is 32.1. The van der Waals surface area contributed by atoms with Gasteiger partial charge in [-0.2, -0.15) is 0 Å². The fraction of sp³-hybridized carbons (Fsp3) is 0.688. The van der Waals surface area contributed by atoms with E-state index < -0.39 is 0 Å². The number of carbonyl (C=O) groups is 1. The SMILES string of the molecule is CC(NCc1ccc(C(C)(C)C)s1)C(=O)NC(C)(C)C. The van der Waals surface area contributed by atoms with Crippen molar-refractivity contribution >= 4 is 17.2 Å². The Morgan fingerprint density at radius 1 is 1.20 bits per heavy atom. The third-order valence-electron chi connectivity index (χ3n) is 2.87. The molecule has 1 aromatic rings. The van der Waals surface area contributed by atoms with Crippen molar-refractivity contribution in [2.24, 2.45) is 0 Å². The zero-order valence-corrected chi connectivity index (χ0v) is 14.6. The number of carbonyl (C=O) groups excluding carboxylic acids is 1. The van der Waals surface area contributed by atoms with Crippen molar-refractivity contribution in [1.82, 2.24) is 10.6 Å². The van der Waals surface area contributed by atoms with Crippen molar-refractivity contribution in [2.75, 3.05) is 0 Å². The maximum Gasteiger partial charge on any atom is 0.237 e. The summed E-state index contributed by atoms with van der Waals surface area (Å²) in [6.07, 6.45) is 0. The second-order valence-corrected chi connectivity index (χ2v) is 8.53. The highest BCUT2D eigenvalue weighted by Gasteiger charge is 2.19. The number of hydrogen-bond acceptors (Lipinski definition) is 3. The molecule has 20 heavy (non-hydrogen) atoms. The second-order valence-electron chi connectivity index (χ2n) is 7.36. The van der Waals surface area contributed by atoms with Gasteiger partial charge in [-0.3, -0.25) is 4.79 Å². The molecule has 0 fully saturated rings. The molecule has 0 radical (unpaired) electrons. The molecule has 1 aromatic heterocycles. The third kappa shape index (κ3) is 5.63. The molecule has 1 atom stereocenters. The Kier molecular flexibility index (Phi) is 5.39. The Morgan fingerprint density at radius 2 is 1.80 bits per heavy atom. The third-order valence-corrected chi connectivity index (χ3v) is 4.39. The van der Waals surface area contributed by atoms with E-state index in [9.17, 15) is 4.79 Å². The second kappa shape index (κ2) is 6.27. The van der Waals surface area contributed by atoms with Crippen LogP contribution in [-0.2, 0) is 16.8 Å². The number of nitrogens with one attached hydrogen (secondary N) is 2. The van der Waals surface area contributed by atoms with Crippen LogP contribution in [0.1, 0.15) is 58.2 Å². The molecule has 1 amide bonds. The molecule has 0 saturated carbocycles. The van der Waals surface area contributed by atoms with Crippen LogP contribution in [0.4, 0.5) is 0 Å². The van der Waals surface area contributed by atoms with E-state index in [1.165, 1.54) is 9.75 Å². The van der Waals surface area contributed by atoms with Gasteiger partial charge in [0.1, 0.15) is 0 Å². The van der Waals surface area contributed by atoms with Crippen LogP contribution in [-0.4, -0.2) is 17.5 Å². The van der Waals surface area contributed by atoms with Crippen molar-refractivity contribution in [3.8, 4) is 0 Å². The van der Waals surface area contributed by atoms with Crippen LogP contribution in [0.2, 0.25) is 0 Å². The number of thiophene rings is 1. The molecular formula is C16H28N2OS. The molecule has 4 heteroatoms. The fourth-order valence-corrected chi connectivity index (χ4v) is 2.72. The summed E-state index contributed by atoms with van der Waals surface area (Å²) in [4.78, 5) is 14.6. The van der Waals surface area contributed by atoms with E-state index in [4.69, 9.17) is 0 Å². The monoisotopic (exact) mass is 296 g/mol. The molecule has 114 valence electrons. The Hall–Kier alpha value is -0.870. The van der Waals surface area contributed by atoms with Crippen molar-refractivity contribution in [2.45, 2.75) is 72.0 Å². The van der Waals surface area contributed by atoms with Gasteiger partial charge in [0.05, 0.1) is 6.04 Å². The van der Waals surface area contributed by atoms with Gasteiger partial charge in [-0.15, -0.1) is 11.3 Å². The lowest BCUT2D eigenvalue weighted by molar-refractivity contribution is -0.124. The molecule has 0 aliphatic carbocycles. The predicted molar refractivity (Wildman–Crippen MR) is 87.2 cm³/mol. The summed E-state index contributed by atoms with van der Waals surface area (Å²) in [6, 6.07) is 4.14. The molecule has 2 N–H and O–H groups in total. The van der Waals surface area contributed by atoms with Crippen molar-refractivity contribution < 1.29 is 4.79 Å². The average molecular weight is 296 g/mol. The molecule has 0 saturated heterocycles. The standard InChI is InChI=1S/C16H28N2OS/c1-11(14(19)18-16(5,6)7)17-10-12-8-9-13(20-12)15(2,3)4/h8-9,11,17H,10H2,1-7H3,(H,18,19). The summed E-state index contributed by atoms with van der Waals surface area (Å²) >= 11 is 1.81. The minimum absolute atomic E-state index is 0.0464. The van der Waals surface area contributed by atoms with Crippen molar-refractivity contribution in [3.05, 3.63) is 21.9 Å². The van der Waals surface area contributed by atoms with Gasteiger partial charge in [0.15, 0.2) is 0 Å². The largest absolute Gasteiger partial charge is 0.350 e. The van der Waals surface area contributed by atoms with Crippen LogP contribution in [0.25, 0.3) is 0 Å². The van der Waals surface area contributed by atoms with Gasteiger partial charge in [-0.25, -0.2) is 0 Å². The summed E-state index contributed by atoms with van der Waals surface area (Å²) in [5.41, 5.74) is 0.00744. The Labute approximate surface area is 127 Å². The van der Waals surface area contributed by atoms with Gasteiger partial charge in [-0.05, 0) is 45.2 Å². The molecule has 1 rings (SSSR count). The van der Waals surface area contributed by atoms with Crippen LogP contribution in [0.5, 0.6) is 0 Å². The van der Waals surface area contributed by atoms with E-state index in [1.807, 2.05) is 39.0 Å². The molecule has 1 unspecified atom stereocenters. The van der Waals surface area contributed by atoms with Gasteiger partial charge >= 0.3 is 0 Å². The molecule has 0 aromatic carbocycles. The quantitative estimate of drug-likeness (QED) is 0.893. The highest BCUT2D eigenvalue weighted by molar-refractivity contribution is 7.12. The van der Waals surface area contributed by atoms with Gasteiger partial charge in [-0.1, -0.05) is 20.8 Å². The predicted octanol–water partition coefficient (Wildman–Crippen LogP) is 3.44. The van der Waals surface area contributed by atoms with Gasteiger partial charge < -0.3 is 10.6 Å². The first-order valence-electron chi connectivity index (χ1n) is 7.13. The van der Waals surface area contributed by atoms with Gasteiger partial charge in [0, 0.05) is 21.8 Å². The number of rotatable bonds is 4. The van der Waals surface area contributed by atoms with Gasteiger partial charge in [0.25, 0.3) is 0 Å². The smallest absolute Gasteiger partial charge is 0.237 e. The summed E-state index contributed by atoms with van der Waals surface area (Å²) < 4.78 is 0. The normalized spacial score (nSPS) is 14.2. The lowest BCUT2D eigenvalue weighted by Crippen LogP contribution is -2.49. The summed E-state index contributed by atoms with van der Waals surface area (Å²) in [5, 5.41) is 6.27. The first-order chi connectivity index (χ1) is 8.99. The molecule has 1 heterocycles. The summed E-state index contributed by atoms with van der Waals surface area (Å²) in [6.45, 7) is 15.3. The average Bonchev–Trinajstić information content (AvgIpc) is 2.71. The van der Waals surface area contributed by atoms with Crippen LogP contribution >= 0.6 is 11.3 Å². The minimum Gasteiger partial charge on any atom is -0.350 e. The topological polar surface area (TPSA) is 41.1 Å². The van der Waals surface area contributed by atoms with Crippen molar-refractivity contribution in [1.29, 1.82) is 0 Å². The molecular weight excluding hydrogens is 268 g/mol. The first-order valence-corrected chi connectivity index (χ1v) is 7.95. The number of amides is 1. The van der Waals surface area contributed by atoms with Gasteiger partial charge in [0.2, 0.25) is 5.91 Å².